The molecule has 1 aromatic carbocycles. The van der Waals surface area contributed by atoms with Crippen LogP contribution >= 0.6 is 11.8 Å². The fraction of sp³-hybridized carbons (Fsp3) is 0.522. The number of aromatic hydroxyl groups is 1. The Kier molecular flexibility index (Phi) is 13.9. The molecule has 3 amide bonds. The van der Waals surface area contributed by atoms with Gasteiger partial charge in [0.05, 0.1) is 6.04 Å². The molecule has 4 atom stereocenters. The van der Waals surface area contributed by atoms with Crippen LogP contribution in [0.25, 0.3) is 0 Å². The molecule has 0 aliphatic heterocycles. The number of phenolic OH excluding ortho intramolecular Hbond substituents is 1. The van der Waals surface area contributed by atoms with E-state index in [0.29, 0.717) is 24.2 Å². The fourth-order valence-corrected chi connectivity index (χ4v) is 3.64. The van der Waals surface area contributed by atoms with Crippen molar-refractivity contribution in [1.29, 1.82) is 0 Å². The quantitative estimate of drug-likeness (QED) is 0.0696. The molecule has 1 aromatic rings. The molecular weight excluding hydrogens is 502 g/mol. The van der Waals surface area contributed by atoms with E-state index in [1.54, 1.807) is 12.1 Å². The largest absolute Gasteiger partial charge is 0.508 e. The van der Waals surface area contributed by atoms with Gasteiger partial charge in [0, 0.05) is 13.0 Å². The van der Waals surface area contributed by atoms with Crippen LogP contribution in [0.5, 0.6) is 5.75 Å². The van der Waals surface area contributed by atoms with E-state index < -0.39 is 47.9 Å². The zero-order chi connectivity index (χ0) is 28.0. The second-order valence-electron chi connectivity index (χ2n) is 8.40. The van der Waals surface area contributed by atoms with Gasteiger partial charge < -0.3 is 43.4 Å². The summed E-state index contributed by atoms with van der Waals surface area (Å²) in [6.07, 6.45) is 2.76. The average molecular weight is 540 g/mol. The van der Waals surface area contributed by atoms with Crippen LogP contribution < -0.4 is 33.2 Å². The topological polar surface area (TPSA) is 235 Å². The summed E-state index contributed by atoms with van der Waals surface area (Å²) in [7, 11) is 0. The molecule has 0 saturated heterocycles. The number of amides is 3. The van der Waals surface area contributed by atoms with Crippen molar-refractivity contribution in [2.75, 3.05) is 18.6 Å². The molecule has 0 spiro atoms. The number of aliphatic imine (C=N–C) groups is 1. The maximum absolute atomic E-state index is 13.3. The first-order valence-corrected chi connectivity index (χ1v) is 13.1. The van der Waals surface area contributed by atoms with Gasteiger partial charge in [0.25, 0.3) is 0 Å². The summed E-state index contributed by atoms with van der Waals surface area (Å²) in [5, 5.41) is 26.3. The van der Waals surface area contributed by atoms with Crippen molar-refractivity contribution >= 4 is 41.4 Å². The van der Waals surface area contributed by atoms with Crippen molar-refractivity contribution in [3.8, 4) is 5.75 Å². The fourth-order valence-electron chi connectivity index (χ4n) is 3.15. The molecular formula is C23H37N7O6S. The van der Waals surface area contributed by atoms with Gasteiger partial charge in [0.1, 0.15) is 23.9 Å². The highest BCUT2D eigenvalue weighted by atomic mass is 32.2. The lowest BCUT2D eigenvalue weighted by Crippen LogP contribution is -2.57. The molecule has 0 fully saturated rings. The van der Waals surface area contributed by atoms with Crippen LogP contribution in [-0.4, -0.2) is 82.6 Å². The number of nitrogens with zero attached hydrogens (tertiary/aromatic N) is 1. The first-order chi connectivity index (χ1) is 17.4. The summed E-state index contributed by atoms with van der Waals surface area (Å²) in [4.78, 5) is 53.8. The van der Waals surface area contributed by atoms with Crippen LogP contribution in [-0.2, 0) is 25.6 Å². The standard InChI is InChI=1S/C23H37N7O6S/c1-13(22(35)36)28-20(33)17(4-3-10-27-23(25)26)29-21(34)18(12-14-5-7-15(31)8-6-14)30-19(32)16(24)9-11-37-2/h5-8,13,16-18,31H,3-4,9-12,24H2,1-2H3,(H,28,33)(H,29,34)(H,30,32)(H,35,36)(H4,25,26,27). The van der Waals surface area contributed by atoms with Gasteiger partial charge in [-0.1, -0.05) is 12.1 Å². The van der Waals surface area contributed by atoms with Crippen molar-refractivity contribution in [1.82, 2.24) is 16.0 Å². The van der Waals surface area contributed by atoms with Crippen LogP contribution in [0, 0.1) is 0 Å². The van der Waals surface area contributed by atoms with Gasteiger partial charge in [0.15, 0.2) is 5.96 Å². The molecule has 13 nitrogen and oxygen atoms in total. The van der Waals surface area contributed by atoms with Crippen LogP contribution in [0.4, 0.5) is 0 Å². The average Bonchev–Trinajstić information content (AvgIpc) is 2.84. The predicted molar refractivity (Wildman–Crippen MR) is 142 cm³/mol. The number of carbonyl (C=O) groups is 4. The van der Waals surface area contributed by atoms with E-state index in [9.17, 15) is 24.3 Å². The Labute approximate surface area is 220 Å². The van der Waals surface area contributed by atoms with Gasteiger partial charge in [-0.3, -0.25) is 24.2 Å². The number of aliphatic carboxylic acids is 1. The van der Waals surface area contributed by atoms with Gasteiger partial charge >= 0.3 is 5.97 Å². The van der Waals surface area contributed by atoms with Crippen molar-refractivity contribution in [3.63, 3.8) is 0 Å². The van der Waals surface area contributed by atoms with E-state index in [0.717, 1.165) is 0 Å². The molecule has 37 heavy (non-hydrogen) atoms. The zero-order valence-corrected chi connectivity index (χ0v) is 21.8. The SMILES string of the molecule is CSCCC(N)C(=O)NC(Cc1ccc(O)cc1)C(=O)NC(CCCN=C(N)N)C(=O)NC(C)C(=O)O. The number of nitrogens with two attached hydrogens (primary N) is 3. The third-order valence-electron chi connectivity index (χ3n) is 5.29. The highest BCUT2D eigenvalue weighted by molar-refractivity contribution is 7.98. The van der Waals surface area contributed by atoms with Gasteiger partial charge in [-0.2, -0.15) is 11.8 Å². The number of nitrogens with one attached hydrogen (secondary N) is 3. The molecule has 206 valence electrons. The lowest BCUT2D eigenvalue weighted by Gasteiger charge is -2.25. The number of thioether (sulfide) groups is 1. The smallest absolute Gasteiger partial charge is 0.325 e. The molecule has 1 rings (SSSR count). The second kappa shape index (κ2) is 16.3. The molecule has 4 unspecified atom stereocenters. The number of phenols is 1. The van der Waals surface area contributed by atoms with E-state index >= 15 is 0 Å². The number of guanidine groups is 1. The summed E-state index contributed by atoms with van der Waals surface area (Å²) in [6.45, 7) is 1.48. The van der Waals surface area contributed by atoms with Crippen LogP contribution in [0.1, 0.15) is 31.7 Å². The summed E-state index contributed by atoms with van der Waals surface area (Å²) >= 11 is 1.53. The van der Waals surface area contributed by atoms with Gasteiger partial charge in [-0.25, -0.2) is 0 Å². The van der Waals surface area contributed by atoms with Crippen molar-refractivity contribution in [2.24, 2.45) is 22.2 Å². The molecule has 0 aliphatic rings. The van der Waals surface area contributed by atoms with E-state index in [1.165, 1.54) is 30.8 Å². The number of carbonyl (C=O) groups excluding carboxylic acids is 3. The van der Waals surface area contributed by atoms with Crippen LogP contribution in [0.3, 0.4) is 0 Å². The van der Waals surface area contributed by atoms with Crippen molar-refractivity contribution in [3.05, 3.63) is 29.8 Å². The normalized spacial score (nSPS) is 13.9. The molecule has 11 N–H and O–H groups in total. The minimum absolute atomic E-state index is 0.0398. The van der Waals surface area contributed by atoms with E-state index in [2.05, 4.69) is 20.9 Å². The molecule has 0 aromatic heterocycles. The molecule has 0 heterocycles. The number of carboxylic acid groups (broad SMARTS) is 1. The Bertz CT molecular complexity index is 940. The molecule has 0 radical (unpaired) electrons. The molecule has 0 bridgehead atoms. The Balaban J connectivity index is 3.09. The third kappa shape index (κ3) is 12.3. The monoisotopic (exact) mass is 539 g/mol. The Morgan fingerprint density at radius 1 is 0.973 bits per heavy atom. The van der Waals surface area contributed by atoms with Gasteiger partial charge in [-0.05, 0) is 55.9 Å². The van der Waals surface area contributed by atoms with Crippen LogP contribution in [0.2, 0.25) is 0 Å². The van der Waals surface area contributed by atoms with E-state index in [1.807, 2.05) is 6.26 Å². The summed E-state index contributed by atoms with van der Waals surface area (Å²) in [5.41, 5.74) is 17.2. The Hall–Kier alpha value is -3.52. The maximum atomic E-state index is 13.3. The zero-order valence-electron chi connectivity index (χ0n) is 21.0. The molecule has 0 saturated carbocycles. The molecule has 0 aliphatic carbocycles. The highest BCUT2D eigenvalue weighted by Crippen LogP contribution is 2.12. The first kappa shape index (κ1) is 31.5. The second-order valence-corrected chi connectivity index (χ2v) is 9.38. The lowest BCUT2D eigenvalue weighted by atomic mass is 10.0. The predicted octanol–water partition coefficient (Wildman–Crippen LogP) is -1.37. The van der Waals surface area contributed by atoms with Crippen LogP contribution in [0.15, 0.2) is 29.3 Å². The number of carboxylic acids is 1. The Morgan fingerprint density at radius 2 is 1.57 bits per heavy atom. The number of hydrogen-bond donors (Lipinski definition) is 8. The highest BCUT2D eigenvalue weighted by Gasteiger charge is 2.29. The third-order valence-corrected chi connectivity index (χ3v) is 5.93. The minimum atomic E-state index is -1.24. The van der Waals surface area contributed by atoms with Gasteiger partial charge in [-0.15, -0.1) is 0 Å². The van der Waals surface area contributed by atoms with E-state index in [-0.39, 0.29) is 31.1 Å². The summed E-state index contributed by atoms with van der Waals surface area (Å²) < 4.78 is 0. The van der Waals surface area contributed by atoms with Gasteiger partial charge in [0.2, 0.25) is 17.7 Å². The van der Waals surface area contributed by atoms with E-state index in [4.69, 9.17) is 22.3 Å². The lowest BCUT2D eigenvalue weighted by molar-refractivity contribution is -0.141. The number of benzene rings is 1. The molecule has 14 heteroatoms. The summed E-state index contributed by atoms with van der Waals surface area (Å²) in [6, 6.07) is 1.86. The van der Waals surface area contributed by atoms with Crippen molar-refractivity contribution < 1.29 is 29.4 Å². The minimum Gasteiger partial charge on any atom is -0.508 e. The maximum Gasteiger partial charge on any atom is 0.325 e. The number of rotatable bonds is 16. The first-order valence-electron chi connectivity index (χ1n) is 11.7. The van der Waals surface area contributed by atoms with Crippen molar-refractivity contribution in [2.45, 2.75) is 56.8 Å². The summed E-state index contributed by atoms with van der Waals surface area (Å²) in [5.74, 6) is -2.57. The Morgan fingerprint density at radius 3 is 2.14 bits per heavy atom. The number of hydrogen-bond acceptors (Lipinski definition) is 8.